The first-order chi connectivity index (χ1) is 9.84. The highest BCUT2D eigenvalue weighted by Gasteiger charge is 2.30. The van der Waals surface area contributed by atoms with E-state index in [0.29, 0.717) is 16.1 Å². The molecule has 4 nitrogen and oxygen atoms in total. The fourth-order valence-electron chi connectivity index (χ4n) is 3.09. The van der Waals surface area contributed by atoms with Gasteiger partial charge in [0.05, 0.1) is 4.90 Å². The Morgan fingerprint density at radius 1 is 1.10 bits per heavy atom. The molecule has 0 aliphatic heterocycles. The molecule has 0 unspecified atom stereocenters. The number of nitrogens with two attached hydrogens (primary N) is 1. The molecular formula is C16H26N2O2S. The van der Waals surface area contributed by atoms with Gasteiger partial charge in [0.25, 0.3) is 0 Å². The second-order valence-corrected chi connectivity index (χ2v) is 8.11. The van der Waals surface area contributed by atoms with Crippen LogP contribution in [0.2, 0.25) is 0 Å². The van der Waals surface area contributed by atoms with E-state index in [1.165, 1.54) is 12.8 Å². The number of nitrogens with zero attached hydrogens (tertiary/aromatic N) is 1. The molecule has 2 rings (SSSR count). The molecule has 0 heterocycles. The monoisotopic (exact) mass is 310 g/mol. The number of sulfonamides is 1. The molecule has 0 aromatic heterocycles. The highest BCUT2D eigenvalue weighted by atomic mass is 32.2. The van der Waals surface area contributed by atoms with Gasteiger partial charge in [-0.3, -0.25) is 0 Å². The van der Waals surface area contributed by atoms with Gasteiger partial charge in [0.1, 0.15) is 0 Å². The first-order valence-electron chi connectivity index (χ1n) is 7.69. The van der Waals surface area contributed by atoms with Crippen LogP contribution in [0, 0.1) is 13.8 Å². The third kappa shape index (κ3) is 3.40. The molecule has 0 spiro atoms. The number of benzene rings is 1. The van der Waals surface area contributed by atoms with Gasteiger partial charge in [0, 0.05) is 18.8 Å². The Bertz CT molecular complexity index is 603. The topological polar surface area (TPSA) is 63.4 Å². The molecule has 5 heteroatoms. The summed E-state index contributed by atoms with van der Waals surface area (Å²) in [6.07, 6.45) is 6.55. The maximum Gasteiger partial charge on any atom is 0.243 e. The molecule has 1 aliphatic carbocycles. The van der Waals surface area contributed by atoms with Crippen LogP contribution in [0.15, 0.2) is 17.0 Å². The molecule has 1 aromatic rings. The molecule has 0 amide bonds. The molecule has 0 bridgehead atoms. The number of rotatable bonds is 3. The second-order valence-electron chi connectivity index (χ2n) is 6.14. The SMILES string of the molecule is Cc1cc(N)c(C)c(S(=O)(=O)N(C)C2CCCCCC2)c1. The molecular weight excluding hydrogens is 284 g/mol. The quantitative estimate of drug-likeness (QED) is 0.688. The lowest BCUT2D eigenvalue weighted by Crippen LogP contribution is -2.37. The summed E-state index contributed by atoms with van der Waals surface area (Å²) in [7, 11) is -1.77. The minimum atomic E-state index is -3.48. The number of anilines is 1. The second kappa shape index (κ2) is 6.36. The highest BCUT2D eigenvalue weighted by Crippen LogP contribution is 2.29. The number of nitrogen functional groups attached to an aromatic ring is 1. The number of aryl methyl sites for hydroxylation is 1. The van der Waals surface area contributed by atoms with E-state index in [9.17, 15) is 8.42 Å². The van der Waals surface area contributed by atoms with Crippen LogP contribution in [-0.4, -0.2) is 25.8 Å². The number of hydrogen-bond donors (Lipinski definition) is 1. The molecule has 0 saturated heterocycles. The van der Waals surface area contributed by atoms with Crippen LogP contribution in [-0.2, 0) is 10.0 Å². The van der Waals surface area contributed by atoms with E-state index in [2.05, 4.69) is 0 Å². The number of hydrogen-bond acceptors (Lipinski definition) is 3. The zero-order valence-electron chi connectivity index (χ0n) is 13.2. The summed E-state index contributed by atoms with van der Waals surface area (Å²) in [4.78, 5) is 0.353. The summed E-state index contributed by atoms with van der Waals surface area (Å²) in [5.41, 5.74) is 8.02. The Morgan fingerprint density at radius 2 is 1.67 bits per heavy atom. The Hall–Kier alpha value is -1.07. The van der Waals surface area contributed by atoms with Crippen molar-refractivity contribution in [1.82, 2.24) is 4.31 Å². The van der Waals surface area contributed by atoms with E-state index < -0.39 is 10.0 Å². The molecule has 1 aromatic carbocycles. The standard InChI is InChI=1S/C16H26N2O2S/c1-12-10-15(17)13(2)16(11-12)21(19,20)18(3)14-8-6-4-5-7-9-14/h10-11,14H,4-9,17H2,1-3H3. The van der Waals surface area contributed by atoms with Gasteiger partial charge in [-0.1, -0.05) is 25.7 Å². The summed E-state index contributed by atoms with van der Waals surface area (Å²) >= 11 is 0. The lowest BCUT2D eigenvalue weighted by Gasteiger charge is -2.27. The fourth-order valence-corrected chi connectivity index (χ4v) is 4.85. The van der Waals surface area contributed by atoms with Gasteiger partial charge in [-0.2, -0.15) is 4.31 Å². The average Bonchev–Trinajstić information content (AvgIpc) is 2.70. The van der Waals surface area contributed by atoms with E-state index in [1.54, 1.807) is 24.3 Å². The minimum absolute atomic E-state index is 0.110. The van der Waals surface area contributed by atoms with Crippen molar-refractivity contribution in [2.24, 2.45) is 0 Å². The van der Waals surface area contributed by atoms with E-state index in [1.807, 2.05) is 13.0 Å². The smallest absolute Gasteiger partial charge is 0.243 e. The van der Waals surface area contributed by atoms with E-state index in [-0.39, 0.29) is 6.04 Å². The predicted molar refractivity (Wildman–Crippen MR) is 86.8 cm³/mol. The van der Waals surface area contributed by atoms with Crippen molar-refractivity contribution in [3.05, 3.63) is 23.3 Å². The molecule has 118 valence electrons. The van der Waals surface area contributed by atoms with Crippen LogP contribution >= 0.6 is 0 Å². The molecule has 1 fully saturated rings. The molecule has 0 atom stereocenters. The van der Waals surface area contributed by atoms with Crippen molar-refractivity contribution in [1.29, 1.82) is 0 Å². The van der Waals surface area contributed by atoms with Crippen molar-refractivity contribution in [3.63, 3.8) is 0 Å². The van der Waals surface area contributed by atoms with Gasteiger partial charge in [-0.05, 0) is 49.9 Å². The van der Waals surface area contributed by atoms with Crippen LogP contribution in [0.4, 0.5) is 5.69 Å². The van der Waals surface area contributed by atoms with Gasteiger partial charge in [-0.25, -0.2) is 8.42 Å². The Labute approximate surface area is 128 Å². The Kier molecular flexibility index (Phi) is 4.94. The van der Waals surface area contributed by atoms with Crippen molar-refractivity contribution in [2.75, 3.05) is 12.8 Å². The summed E-state index contributed by atoms with van der Waals surface area (Å²) < 4.78 is 27.4. The average molecular weight is 310 g/mol. The van der Waals surface area contributed by atoms with E-state index >= 15 is 0 Å². The maximum atomic E-state index is 12.9. The zero-order chi connectivity index (χ0) is 15.6. The van der Waals surface area contributed by atoms with Gasteiger partial charge >= 0.3 is 0 Å². The van der Waals surface area contributed by atoms with Crippen LogP contribution in [0.5, 0.6) is 0 Å². The van der Waals surface area contributed by atoms with Crippen molar-refractivity contribution in [2.45, 2.75) is 63.3 Å². The molecule has 2 N–H and O–H groups in total. The molecule has 21 heavy (non-hydrogen) atoms. The van der Waals surface area contributed by atoms with Gasteiger partial charge in [-0.15, -0.1) is 0 Å². The predicted octanol–water partition coefficient (Wildman–Crippen LogP) is 3.23. The van der Waals surface area contributed by atoms with Gasteiger partial charge in [0.15, 0.2) is 0 Å². The molecule has 1 saturated carbocycles. The van der Waals surface area contributed by atoms with Crippen LogP contribution in [0.1, 0.15) is 49.7 Å². The fraction of sp³-hybridized carbons (Fsp3) is 0.625. The summed E-state index contributed by atoms with van der Waals surface area (Å²) in [5.74, 6) is 0. The van der Waals surface area contributed by atoms with Crippen molar-refractivity contribution in [3.8, 4) is 0 Å². The zero-order valence-corrected chi connectivity index (χ0v) is 14.0. The Balaban J connectivity index is 2.37. The summed E-state index contributed by atoms with van der Waals surface area (Å²) in [6, 6.07) is 3.66. The molecule has 0 radical (unpaired) electrons. The third-order valence-electron chi connectivity index (χ3n) is 4.54. The normalized spacial score (nSPS) is 17.9. The maximum absolute atomic E-state index is 12.9. The van der Waals surface area contributed by atoms with Crippen molar-refractivity contribution < 1.29 is 8.42 Å². The van der Waals surface area contributed by atoms with Crippen LogP contribution < -0.4 is 5.73 Å². The lowest BCUT2D eigenvalue weighted by atomic mass is 10.1. The first kappa shape index (κ1) is 16.3. The van der Waals surface area contributed by atoms with Crippen LogP contribution in [0.3, 0.4) is 0 Å². The van der Waals surface area contributed by atoms with E-state index in [0.717, 1.165) is 31.2 Å². The van der Waals surface area contributed by atoms with E-state index in [4.69, 9.17) is 5.73 Å². The summed E-state index contributed by atoms with van der Waals surface area (Å²) in [5, 5.41) is 0. The largest absolute Gasteiger partial charge is 0.398 e. The lowest BCUT2D eigenvalue weighted by molar-refractivity contribution is 0.335. The van der Waals surface area contributed by atoms with Gasteiger partial charge in [0.2, 0.25) is 10.0 Å². The van der Waals surface area contributed by atoms with Gasteiger partial charge < -0.3 is 5.73 Å². The van der Waals surface area contributed by atoms with Crippen LogP contribution in [0.25, 0.3) is 0 Å². The minimum Gasteiger partial charge on any atom is -0.398 e. The van der Waals surface area contributed by atoms with Crippen molar-refractivity contribution >= 4 is 15.7 Å². The summed E-state index contributed by atoms with van der Waals surface area (Å²) in [6.45, 7) is 3.66. The first-order valence-corrected chi connectivity index (χ1v) is 9.13. The highest BCUT2D eigenvalue weighted by molar-refractivity contribution is 7.89. The Morgan fingerprint density at radius 3 is 2.24 bits per heavy atom. The third-order valence-corrected chi connectivity index (χ3v) is 6.58. The molecule has 1 aliphatic rings.